The molecule has 0 N–H and O–H groups in total. The van der Waals surface area contributed by atoms with Crippen LogP contribution in [0.15, 0.2) is 18.2 Å². The smallest absolute Gasteiger partial charge is 0.163 e. The lowest BCUT2D eigenvalue weighted by Crippen LogP contribution is -2.27. The summed E-state index contributed by atoms with van der Waals surface area (Å²) in [6, 6.07) is 5.81. The molecule has 0 fully saturated rings. The third-order valence-corrected chi connectivity index (χ3v) is 3.23. The summed E-state index contributed by atoms with van der Waals surface area (Å²) >= 11 is 0. The van der Waals surface area contributed by atoms with Crippen molar-refractivity contribution >= 4 is 5.78 Å². The van der Waals surface area contributed by atoms with E-state index in [9.17, 15) is 4.79 Å². The van der Waals surface area contributed by atoms with Gasteiger partial charge in [-0.2, -0.15) is 0 Å². The quantitative estimate of drug-likeness (QED) is 0.734. The fraction of sp³-hybridized carbons (Fsp3) is 0.533. The zero-order chi connectivity index (χ0) is 13.1. The minimum Gasteiger partial charge on any atom is -0.497 e. The van der Waals surface area contributed by atoms with Gasteiger partial charge in [0.05, 0.1) is 7.11 Å². The molecular formula is C15H22O2. The highest BCUT2D eigenvalue weighted by Gasteiger charge is 2.31. The average Bonchev–Trinajstić information content (AvgIpc) is 2.36. The minimum atomic E-state index is 0.107. The molecule has 94 valence electrons. The molecule has 1 aliphatic rings. The van der Waals surface area contributed by atoms with Gasteiger partial charge in [-0.25, -0.2) is 0 Å². The molecule has 2 heteroatoms. The van der Waals surface area contributed by atoms with E-state index in [0.29, 0.717) is 6.42 Å². The van der Waals surface area contributed by atoms with Gasteiger partial charge in [-0.1, -0.05) is 33.8 Å². The van der Waals surface area contributed by atoms with Crippen molar-refractivity contribution in [1.29, 1.82) is 0 Å². The van der Waals surface area contributed by atoms with Gasteiger partial charge >= 0.3 is 0 Å². The Morgan fingerprint density at radius 3 is 2.47 bits per heavy atom. The predicted molar refractivity (Wildman–Crippen MR) is 70.9 cm³/mol. The van der Waals surface area contributed by atoms with Gasteiger partial charge in [0, 0.05) is 12.0 Å². The van der Waals surface area contributed by atoms with Crippen LogP contribution in [0.4, 0.5) is 0 Å². The Kier molecular flexibility index (Phi) is 4.33. The fourth-order valence-corrected chi connectivity index (χ4v) is 2.17. The molecule has 0 aliphatic heterocycles. The van der Waals surface area contributed by atoms with Gasteiger partial charge in [0.2, 0.25) is 0 Å². The predicted octanol–water partition coefficient (Wildman–Crippen LogP) is 3.98. The van der Waals surface area contributed by atoms with Crippen molar-refractivity contribution < 1.29 is 9.53 Å². The zero-order valence-corrected chi connectivity index (χ0v) is 11.5. The van der Waals surface area contributed by atoms with E-state index >= 15 is 0 Å². The third-order valence-electron chi connectivity index (χ3n) is 3.23. The van der Waals surface area contributed by atoms with Crippen molar-refractivity contribution in [3.8, 4) is 5.75 Å². The van der Waals surface area contributed by atoms with Gasteiger partial charge in [0.15, 0.2) is 5.78 Å². The minimum absolute atomic E-state index is 0.107. The fourth-order valence-electron chi connectivity index (χ4n) is 2.17. The molecule has 0 unspecified atom stereocenters. The molecule has 0 saturated heterocycles. The Morgan fingerprint density at radius 2 is 1.88 bits per heavy atom. The molecule has 0 bridgehead atoms. The molecular weight excluding hydrogens is 212 g/mol. The highest BCUT2D eigenvalue weighted by atomic mass is 16.5. The van der Waals surface area contributed by atoms with E-state index in [1.165, 1.54) is 0 Å². The van der Waals surface area contributed by atoms with E-state index in [0.717, 1.165) is 23.3 Å². The van der Waals surface area contributed by atoms with Gasteiger partial charge in [-0.3, -0.25) is 4.79 Å². The first kappa shape index (κ1) is 13.8. The lowest BCUT2D eigenvalue weighted by Gasteiger charge is -2.31. The summed E-state index contributed by atoms with van der Waals surface area (Å²) < 4.78 is 5.14. The number of ketones is 1. The maximum absolute atomic E-state index is 11.8. The molecule has 2 nitrogen and oxygen atoms in total. The molecule has 1 aromatic carbocycles. The molecule has 0 saturated carbocycles. The number of hydrogen-bond donors (Lipinski definition) is 0. The number of carbonyl (C=O) groups is 1. The van der Waals surface area contributed by atoms with Gasteiger partial charge < -0.3 is 4.74 Å². The molecule has 0 spiro atoms. The Bertz CT molecular complexity index is 405. The van der Waals surface area contributed by atoms with Crippen LogP contribution < -0.4 is 4.74 Å². The van der Waals surface area contributed by atoms with Crippen LogP contribution in [0.5, 0.6) is 5.75 Å². The zero-order valence-electron chi connectivity index (χ0n) is 11.5. The Balaban J connectivity index is 0.000000686. The van der Waals surface area contributed by atoms with Crippen LogP contribution in [0.1, 0.15) is 56.5 Å². The number of methoxy groups -OCH3 is 1. The number of fused-ring (bicyclic) bond motifs is 1. The summed E-state index contributed by atoms with van der Waals surface area (Å²) in [5.74, 6) is 1.00. The Morgan fingerprint density at radius 1 is 1.24 bits per heavy atom. The van der Waals surface area contributed by atoms with Crippen LogP contribution in [-0.4, -0.2) is 12.9 Å². The lowest BCUT2D eigenvalue weighted by molar-refractivity contribution is 0.0956. The number of Topliss-reactive ketones (excluding diaryl/α,β-unsaturated/α-hetero) is 1. The number of benzene rings is 1. The molecule has 0 amide bonds. The van der Waals surface area contributed by atoms with Crippen LogP contribution in [0, 0.1) is 0 Å². The van der Waals surface area contributed by atoms with Crippen LogP contribution in [0.25, 0.3) is 0 Å². The van der Waals surface area contributed by atoms with E-state index < -0.39 is 0 Å². The SMILES string of the molecule is CC.COc1ccc2c(c1)C(=O)CCC2(C)C. The summed E-state index contributed by atoms with van der Waals surface area (Å²) in [7, 11) is 1.63. The van der Waals surface area contributed by atoms with Crippen LogP contribution in [0.3, 0.4) is 0 Å². The van der Waals surface area contributed by atoms with Crippen molar-refractivity contribution in [2.45, 2.75) is 46.0 Å². The van der Waals surface area contributed by atoms with E-state index in [1.807, 2.05) is 32.0 Å². The molecule has 0 aromatic heterocycles. The van der Waals surface area contributed by atoms with Gasteiger partial charge in [0.1, 0.15) is 5.75 Å². The third kappa shape index (κ3) is 2.68. The summed E-state index contributed by atoms with van der Waals surface area (Å²) in [6.45, 7) is 8.37. The van der Waals surface area contributed by atoms with Gasteiger partial charge in [-0.15, -0.1) is 0 Å². The van der Waals surface area contributed by atoms with Crippen LogP contribution in [-0.2, 0) is 5.41 Å². The monoisotopic (exact) mass is 234 g/mol. The van der Waals surface area contributed by atoms with E-state index in [2.05, 4.69) is 13.8 Å². The average molecular weight is 234 g/mol. The summed E-state index contributed by atoms with van der Waals surface area (Å²) in [5, 5.41) is 0. The first-order valence-corrected chi connectivity index (χ1v) is 6.26. The first-order chi connectivity index (χ1) is 8.04. The van der Waals surface area contributed by atoms with Gasteiger partial charge in [-0.05, 0) is 29.5 Å². The highest BCUT2D eigenvalue weighted by molar-refractivity contribution is 5.99. The van der Waals surface area contributed by atoms with E-state index in [1.54, 1.807) is 7.11 Å². The van der Waals surface area contributed by atoms with Crippen LogP contribution in [0.2, 0.25) is 0 Å². The Hall–Kier alpha value is -1.31. The number of rotatable bonds is 1. The highest BCUT2D eigenvalue weighted by Crippen LogP contribution is 2.37. The standard InChI is InChI=1S/C13H16O2.C2H6/c1-13(2)7-6-12(14)10-8-9(15-3)4-5-11(10)13;1-2/h4-5,8H,6-7H2,1-3H3;1-2H3. The first-order valence-electron chi connectivity index (χ1n) is 6.26. The van der Waals surface area contributed by atoms with Crippen molar-refractivity contribution in [1.82, 2.24) is 0 Å². The second-order valence-electron chi connectivity index (χ2n) is 4.72. The van der Waals surface area contributed by atoms with E-state index in [4.69, 9.17) is 4.74 Å². The molecule has 0 heterocycles. The van der Waals surface area contributed by atoms with Gasteiger partial charge in [0.25, 0.3) is 0 Å². The maximum atomic E-state index is 11.8. The number of hydrogen-bond acceptors (Lipinski definition) is 2. The van der Waals surface area contributed by atoms with E-state index in [-0.39, 0.29) is 11.2 Å². The van der Waals surface area contributed by atoms with Crippen molar-refractivity contribution in [3.05, 3.63) is 29.3 Å². The van der Waals surface area contributed by atoms with Crippen molar-refractivity contribution in [2.24, 2.45) is 0 Å². The number of ether oxygens (including phenoxy) is 1. The molecule has 2 rings (SSSR count). The largest absolute Gasteiger partial charge is 0.497 e. The second kappa shape index (κ2) is 5.35. The van der Waals surface area contributed by atoms with Crippen molar-refractivity contribution in [3.63, 3.8) is 0 Å². The summed E-state index contributed by atoms with van der Waals surface area (Å²) in [5.41, 5.74) is 2.10. The summed E-state index contributed by atoms with van der Waals surface area (Å²) in [6.07, 6.45) is 1.58. The topological polar surface area (TPSA) is 26.3 Å². The molecule has 0 atom stereocenters. The second-order valence-corrected chi connectivity index (χ2v) is 4.72. The Labute approximate surface area is 104 Å². The lowest BCUT2D eigenvalue weighted by atomic mass is 9.72. The summed E-state index contributed by atoms with van der Waals surface area (Å²) in [4.78, 5) is 11.8. The molecule has 17 heavy (non-hydrogen) atoms. The molecule has 0 radical (unpaired) electrons. The molecule has 1 aliphatic carbocycles. The van der Waals surface area contributed by atoms with Crippen molar-refractivity contribution in [2.75, 3.05) is 7.11 Å². The number of carbonyl (C=O) groups excluding carboxylic acids is 1. The normalized spacial score (nSPS) is 16.6. The molecule has 1 aromatic rings. The maximum Gasteiger partial charge on any atom is 0.163 e. The van der Waals surface area contributed by atoms with Crippen LogP contribution >= 0.6 is 0 Å².